The number of nitrogens with one attached hydrogen (secondary N) is 1. The van der Waals surface area contributed by atoms with Crippen LogP contribution in [0.1, 0.15) is 4.88 Å². The summed E-state index contributed by atoms with van der Waals surface area (Å²) in [6, 6.07) is 4.03. The smallest absolute Gasteiger partial charge is 0.317 e. The molecule has 8 heteroatoms. The topological polar surface area (TPSA) is 61.4 Å². The highest BCUT2D eigenvalue weighted by molar-refractivity contribution is 7.09. The Bertz CT molecular complexity index is 534. The van der Waals surface area contributed by atoms with Gasteiger partial charge in [0.15, 0.2) is 5.82 Å². The molecule has 1 fully saturated rings. The van der Waals surface area contributed by atoms with E-state index in [1.54, 1.807) is 17.5 Å². The van der Waals surface area contributed by atoms with Crippen LogP contribution in [-0.2, 0) is 6.54 Å². The van der Waals surface area contributed by atoms with Crippen molar-refractivity contribution < 1.29 is 4.79 Å². The summed E-state index contributed by atoms with van der Waals surface area (Å²) >= 11 is 2.87. The van der Waals surface area contributed by atoms with Crippen molar-refractivity contribution in [2.45, 2.75) is 6.54 Å². The highest BCUT2D eigenvalue weighted by atomic mass is 32.1. The second kappa shape index (κ2) is 6.19. The average Bonchev–Trinajstić information content (AvgIpc) is 3.18. The lowest BCUT2D eigenvalue weighted by Gasteiger charge is -2.34. The first-order chi connectivity index (χ1) is 9.83. The van der Waals surface area contributed by atoms with Gasteiger partial charge < -0.3 is 15.1 Å². The number of aromatic nitrogens is 2. The molecule has 2 amide bonds. The maximum atomic E-state index is 12.1. The maximum absolute atomic E-state index is 12.1. The van der Waals surface area contributed by atoms with Gasteiger partial charge in [-0.3, -0.25) is 0 Å². The van der Waals surface area contributed by atoms with Crippen molar-refractivity contribution in [3.63, 3.8) is 0 Å². The zero-order valence-corrected chi connectivity index (χ0v) is 12.5. The Balaban J connectivity index is 1.46. The highest BCUT2D eigenvalue weighted by Gasteiger charge is 2.22. The first-order valence-corrected chi connectivity index (χ1v) is 8.01. The number of thiophene rings is 1. The Morgan fingerprint density at radius 1 is 1.35 bits per heavy atom. The van der Waals surface area contributed by atoms with Gasteiger partial charge in [-0.25, -0.2) is 4.79 Å². The molecule has 3 heterocycles. The minimum atomic E-state index is 0.00875. The number of anilines is 1. The van der Waals surface area contributed by atoms with Gasteiger partial charge in [-0.1, -0.05) is 6.07 Å². The van der Waals surface area contributed by atoms with E-state index >= 15 is 0 Å². The standard InChI is InChI=1S/C12H15N5OS2/c18-12(13-8-10-2-1-7-19-10)17-5-3-16(4-6-17)11-9-14-20-15-11/h1-2,7,9H,3-6,8H2,(H,13,18). The normalized spacial score (nSPS) is 15.4. The van der Waals surface area contributed by atoms with Crippen molar-refractivity contribution in [3.8, 4) is 0 Å². The number of rotatable bonds is 3. The molecule has 0 spiro atoms. The molecule has 0 aliphatic carbocycles. The third-order valence-electron chi connectivity index (χ3n) is 3.23. The lowest BCUT2D eigenvalue weighted by atomic mass is 10.3. The van der Waals surface area contributed by atoms with Crippen molar-refractivity contribution in [2.75, 3.05) is 31.1 Å². The summed E-state index contributed by atoms with van der Waals surface area (Å²) in [7, 11) is 0. The van der Waals surface area contributed by atoms with Gasteiger partial charge in [0.05, 0.1) is 24.5 Å². The summed E-state index contributed by atoms with van der Waals surface area (Å²) in [5, 5.41) is 4.97. The van der Waals surface area contributed by atoms with E-state index in [1.807, 2.05) is 22.4 Å². The van der Waals surface area contributed by atoms with Gasteiger partial charge in [0.2, 0.25) is 0 Å². The van der Waals surface area contributed by atoms with Gasteiger partial charge in [-0.15, -0.1) is 11.3 Å². The molecule has 20 heavy (non-hydrogen) atoms. The van der Waals surface area contributed by atoms with Crippen LogP contribution >= 0.6 is 23.1 Å². The zero-order chi connectivity index (χ0) is 13.8. The summed E-state index contributed by atoms with van der Waals surface area (Å²) in [6.07, 6.45) is 1.77. The van der Waals surface area contributed by atoms with E-state index in [-0.39, 0.29) is 6.03 Å². The quantitative estimate of drug-likeness (QED) is 0.936. The van der Waals surface area contributed by atoms with E-state index in [9.17, 15) is 4.79 Å². The molecule has 1 N–H and O–H groups in total. The van der Waals surface area contributed by atoms with Gasteiger partial charge in [-0.2, -0.15) is 8.75 Å². The van der Waals surface area contributed by atoms with Crippen molar-refractivity contribution in [1.29, 1.82) is 0 Å². The van der Waals surface area contributed by atoms with Crippen LogP contribution < -0.4 is 10.2 Å². The molecule has 0 radical (unpaired) electrons. The second-order valence-corrected chi connectivity index (χ2v) is 6.07. The molecular formula is C12H15N5OS2. The fourth-order valence-corrected chi connectivity index (χ4v) is 3.20. The number of nitrogens with zero attached hydrogens (tertiary/aromatic N) is 4. The van der Waals surface area contributed by atoms with Crippen LogP contribution in [-0.4, -0.2) is 45.9 Å². The summed E-state index contributed by atoms with van der Waals surface area (Å²) in [4.78, 5) is 17.2. The number of carbonyl (C=O) groups excluding carboxylic acids is 1. The van der Waals surface area contributed by atoms with E-state index in [0.717, 1.165) is 18.9 Å². The minimum absolute atomic E-state index is 0.00875. The third kappa shape index (κ3) is 3.07. The number of urea groups is 1. The number of carbonyl (C=O) groups is 1. The number of hydrogen-bond donors (Lipinski definition) is 1. The molecule has 106 valence electrons. The minimum Gasteiger partial charge on any atom is -0.351 e. The molecule has 0 saturated carbocycles. The van der Waals surface area contributed by atoms with Gasteiger partial charge in [-0.05, 0) is 11.4 Å². The molecule has 1 aliphatic heterocycles. The predicted molar refractivity (Wildman–Crippen MR) is 80.2 cm³/mol. The Kier molecular flexibility index (Phi) is 4.12. The van der Waals surface area contributed by atoms with Crippen molar-refractivity contribution in [1.82, 2.24) is 19.0 Å². The van der Waals surface area contributed by atoms with E-state index in [4.69, 9.17) is 0 Å². The lowest BCUT2D eigenvalue weighted by Crippen LogP contribution is -2.51. The molecule has 0 atom stereocenters. The molecule has 6 nitrogen and oxygen atoms in total. The summed E-state index contributed by atoms with van der Waals surface area (Å²) in [5.74, 6) is 0.911. The molecule has 0 bridgehead atoms. The van der Waals surface area contributed by atoms with Crippen LogP contribution in [0, 0.1) is 0 Å². The highest BCUT2D eigenvalue weighted by Crippen LogP contribution is 2.13. The molecule has 1 aliphatic rings. The van der Waals surface area contributed by atoms with Gasteiger partial charge in [0.1, 0.15) is 0 Å². The fraction of sp³-hybridized carbons (Fsp3) is 0.417. The summed E-state index contributed by atoms with van der Waals surface area (Å²) < 4.78 is 8.23. The average molecular weight is 309 g/mol. The molecule has 0 aromatic carbocycles. The van der Waals surface area contributed by atoms with Crippen LogP contribution in [0.25, 0.3) is 0 Å². The Hall–Kier alpha value is -1.67. The Morgan fingerprint density at radius 2 is 2.20 bits per heavy atom. The van der Waals surface area contributed by atoms with Crippen molar-refractivity contribution >= 4 is 34.9 Å². The van der Waals surface area contributed by atoms with E-state index < -0.39 is 0 Å². The van der Waals surface area contributed by atoms with Crippen LogP contribution in [0.2, 0.25) is 0 Å². The van der Waals surface area contributed by atoms with Crippen LogP contribution in [0.5, 0.6) is 0 Å². The Labute approximate surface area is 125 Å². The molecule has 1 saturated heterocycles. The SMILES string of the molecule is O=C(NCc1cccs1)N1CCN(c2cnsn2)CC1. The molecule has 3 rings (SSSR count). The predicted octanol–water partition coefficient (Wildman–Crippen LogP) is 1.63. The zero-order valence-electron chi connectivity index (χ0n) is 10.9. The maximum Gasteiger partial charge on any atom is 0.317 e. The first-order valence-electron chi connectivity index (χ1n) is 6.40. The monoisotopic (exact) mass is 309 g/mol. The first kappa shape index (κ1) is 13.3. The number of hydrogen-bond acceptors (Lipinski definition) is 6. The number of amides is 2. The fourth-order valence-electron chi connectivity index (χ4n) is 2.13. The van der Waals surface area contributed by atoms with Gasteiger partial charge in [0.25, 0.3) is 0 Å². The van der Waals surface area contributed by atoms with Crippen LogP contribution in [0.15, 0.2) is 23.7 Å². The van der Waals surface area contributed by atoms with Gasteiger partial charge in [0, 0.05) is 31.1 Å². The van der Waals surface area contributed by atoms with Crippen molar-refractivity contribution in [3.05, 3.63) is 28.6 Å². The van der Waals surface area contributed by atoms with E-state index in [0.29, 0.717) is 19.6 Å². The molecule has 2 aromatic rings. The lowest BCUT2D eigenvalue weighted by molar-refractivity contribution is 0.194. The van der Waals surface area contributed by atoms with Crippen LogP contribution in [0.4, 0.5) is 10.6 Å². The summed E-state index contributed by atoms with van der Waals surface area (Å²) in [6.45, 7) is 3.64. The third-order valence-corrected chi connectivity index (χ3v) is 4.58. The molecule has 2 aromatic heterocycles. The van der Waals surface area contributed by atoms with Crippen molar-refractivity contribution in [2.24, 2.45) is 0 Å². The largest absolute Gasteiger partial charge is 0.351 e. The van der Waals surface area contributed by atoms with E-state index in [2.05, 4.69) is 19.0 Å². The van der Waals surface area contributed by atoms with Gasteiger partial charge >= 0.3 is 6.03 Å². The Morgan fingerprint density at radius 3 is 2.85 bits per heavy atom. The van der Waals surface area contributed by atoms with Crippen LogP contribution in [0.3, 0.4) is 0 Å². The van der Waals surface area contributed by atoms with E-state index in [1.165, 1.54) is 16.6 Å². The molecule has 0 unspecified atom stereocenters. The summed E-state index contributed by atoms with van der Waals surface area (Å²) in [5.41, 5.74) is 0. The second-order valence-electron chi connectivity index (χ2n) is 4.48. The molecular weight excluding hydrogens is 294 g/mol. The number of piperazine rings is 1.